The van der Waals surface area contributed by atoms with E-state index >= 15 is 0 Å². The summed E-state index contributed by atoms with van der Waals surface area (Å²) in [5.41, 5.74) is 2.95. The summed E-state index contributed by atoms with van der Waals surface area (Å²) in [5.74, 6) is -1.17. The predicted molar refractivity (Wildman–Crippen MR) is 122 cm³/mol. The molecule has 3 aromatic rings. The standard InChI is InChI=1S/C26H22ClN3O2/c1-18-6-5-14-29(17-18)24-23(20-9-11-21(27)12-10-20)22(16-28)25(31)30(26(24)32)15-13-19-7-3-2-4-8-19/h2-12,14,17,23-24H,13,15H2,1H3/p+1/t23-,24+/m1/s1. The second kappa shape index (κ2) is 9.25. The summed E-state index contributed by atoms with van der Waals surface area (Å²) in [5, 5.41) is 21.6. The normalized spacial score (nSPS) is 18.5. The van der Waals surface area contributed by atoms with Crippen LogP contribution in [0.3, 0.4) is 0 Å². The van der Waals surface area contributed by atoms with Crippen LogP contribution in [0.5, 0.6) is 0 Å². The first-order valence-electron chi connectivity index (χ1n) is 10.4. The lowest BCUT2D eigenvalue weighted by molar-refractivity contribution is -0.712. The molecule has 2 heterocycles. The molecule has 1 aliphatic rings. The maximum Gasteiger partial charge on any atom is 0.299 e. The molecule has 1 N–H and O–H groups in total. The average Bonchev–Trinajstić information content (AvgIpc) is 2.80. The van der Waals surface area contributed by atoms with Gasteiger partial charge in [0.1, 0.15) is 11.6 Å². The Hall–Kier alpha value is -3.62. The van der Waals surface area contributed by atoms with Gasteiger partial charge in [-0.25, -0.2) is 0 Å². The van der Waals surface area contributed by atoms with Crippen LogP contribution in [-0.4, -0.2) is 22.5 Å². The van der Waals surface area contributed by atoms with Crippen LogP contribution in [0.15, 0.2) is 90.6 Å². The fourth-order valence-corrected chi connectivity index (χ4v) is 4.30. The number of pyridine rings is 1. The molecule has 4 rings (SSSR count). The molecular weight excluding hydrogens is 422 g/mol. The Kier molecular flexibility index (Phi) is 6.25. The molecule has 0 fully saturated rings. The summed E-state index contributed by atoms with van der Waals surface area (Å²) in [4.78, 5) is 15.1. The fraction of sp³-hybridized carbons (Fsp3) is 0.192. The molecule has 160 valence electrons. The molecule has 0 aliphatic carbocycles. The molecule has 1 amide bonds. The molecule has 5 nitrogen and oxygen atoms in total. The highest BCUT2D eigenvalue weighted by molar-refractivity contribution is 6.30. The Balaban J connectivity index is 1.81. The van der Waals surface area contributed by atoms with E-state index in [2.05, 4.69) is 6.07 Å². The molecule has 2 atom stereocenters. The highest BCUT2D eigenvalue weighted by Crippen LogP contribution is 2.40. The number of benzene rings is 2. The van der Waals surface area contributed by atoms with Gasteiger partial charge in [-0.3, -0.25) is 9.69 Å². The van der Waals surface area contributed by atoms with Crippen molar-refractivity contribution in [3.05, 3.63) is 112 Å². The van der Waals surface area contributed by atoms with Crippen molar-refractivity contribution >= 4 is 17.5 Å². The van der Waals surface area contributed by atoms with E-state index in [4.69, 9.17) is 11.6 Å². The van der Waals surface area contributed by atoms with Crippen LogP contribution in [0.2, 0.25) is 5.02 Å². The molecule has 32 heavy (non-hydrogen) atoms. The number of allylic oxidation sites excluding steroid dienone is 1. The maximum absolute atomic E-state index is 13.8. The second-order valence-corrected chi connectivity index (χ2v) is 8.31. The molecule has 6 heteroatoms. The lowest BCUT2D eigenvalue weighted by atomic mass is 9.81. The SMILES string of the molecule is Cc1ccc[n+]([C@@H]2C(=O)N(CCc3ccccc3)C(O)=C(C#N)[C@H]2c2ccc(Cl)cc2)c1. The van der Waals surface area contributed by atoms with Crippen LogP contribution in [0.4, 0.5) is 0 Å². The van der Waals surface area contributed by atoms with E-state index in [9.17, 15) is 15.2 Å². The van der Waals surface area contributed by atoms with Crippen molar-refractivity contribution in [2.45, 2.75) is 25.3 Å². The first-order valence-corrected chi connectivity index (χ1v) is 10.8. The molecule has 1 aliphatic heterocycles. The second-order valence-electron chi connectivity index (χ2n) is 7.88. The van der Waals surface area contributed by atoms with E-state index in [-0.39, 0.29) is 23.9 Å². The van der Waals surface area contributed by atoms with E-state index < -0.39 is 12.0 Å². The molecule has 0 spiro atoms. The van der Waals surface area contributed by atoms with Gasteiger partial charge in [0.05, 0.1) is 5.92 Å². The first-order chi connectivity index (χ1) is 15.5. The number of aromatic nitrogens is 1. The largest absolute Gasteiger partial charge is 0.494 e. The molecule has 0 radical (unpaired) electrons. The number of hydrogen-bond donors (Lipinski definition) is 1. The zero-order valence-corrected chi connectivity index (χ0v) is 18.4. The Morgan fingerprint density at radius 2 is 1.81 bits per heavy atom. The summed E-state index contributed by atoms with van der Waals surface area (Å²) in [6.45, 7) is 2.23. The Labute approximate surface area is 192 Å². The zero-order valence-electron chi connectivity index (χ0n) is 17.6. The third kappa shape index (κ3) is 4.23. The third-order valence-corrected chi connectivity index (χ3v) is 6.00. The fourth-order valence-electron chi connectivity index (χ4n) is 4.18. The summed E-state index contributed by atoms with van der Waals surface area (Å²) in [6, 6.07) is 22.1. The smallest absolute Gasteiger partial charge is 0.299 e. The number of nitrogens with zero attached hydrogens (tertiary/aromatic N) is 3. The summed E-state index contributed by atoms with van der Waals surface area (Å²) >= 11 is 6.07. The van der Waals surface area contributed by atoms with Gasteiger partial charge in [-0.15, -0.1) is 0 Å². The minimum absolute atomic E-state index is 0.166. The molecule has 2 aromatic carbocycles. The topological polar surface area (TPSA) is 68.2 Å². The van der Waals surface area contributed by atoms with E-state index in [1.165, 1.54) is 4.90 Å². The van der Waals surface area contributed by atoms with Gasteiger partial charge in [0.25, 0.3) is 5.91 Å². The predicted octanol–water partition coefficient (Wildman–Crippen LogP) is 4.64. The number of halogens is 1. The van der Waals surface area contributed by atoms with Gasteiger partial charge in [-0.1, -0.05) is 54.1 Å². The molecular formula is C26H23ClN3O2+. The van der Waals surface area contributed by atoms with Crippen LogP contribution in [-0.2, 0) is 11.2 Å². The van der Waals surface area contributed by atoms with Crippen molar-refractivity contribution < 1.29 is 14.5 Å². The summed E-state index contributed by atoms with van der Waals surface area (Å²) in [6.07, 6.45) is 4.27. The van der Waals surface area contributed by atoms with Crippen LogP contribution < -0.4 is 4.57 Å². The van der Waals surface area contributed by atoms with Crippen molar-refractivity contribution in [2.75, 3.05) is 6.54 Å². The first kappa shape index (κ1) is 21.6. The van der Waals surface area contributed by atoms with E-state index in [1.54, 1.807) is 24.3 Å². The minimum Gasteiger partial charge on any atom is -0.494 e. The number of nitriles is 1. The van der Waals surface area contributed by atoms with Gasteiger partial charge >= 0.3 is 0 Å². The van der Waals surface area contributed by atoms with E-state index in [0.29, 0.717) is 11.4 Å². The highest BCUT2D eigenvalue weighted by atomic mass is 35.5. The molecule has 0 unspecified atom stereocenters. The van der Waals surface area contributed by atoms with Crippen molar-refractivity contribution in [3.8, 4) is 6.07 Å². The van der Waals surface area contributed by atoms with Crippen LogP contribution in [0, 0.1) is 18.3 Å². The molecule has 0 saturated heterocycles. The quantitative estimate of drug-likeness (QED) is 0.583. The van der Waals surface area contributed by atoms with Crippen molar-refractivity contribution in [2.24, 2.45) is 0 Å². The number of carbonyl (C=O) groups is 1. The summed E-state index contributed by atoms with van der Waals surface area (Å²) in [7, 11) is 0. The molecule has 0 saturated carbocycles. The van der Waals surface area contributed by atoms with Gasteiger partial charge in [0, 0.05) is 23.2 Å². The Morgan fingerprint density at radius 1 is 1.09 bits per heavy atom. The van der Waals surface area contributed by atoms with Crippen LogP contribution >= 0.6 is 11.6 Å². The van der Waals surface area contributed by atoms with Gasteiger partial charge in [0.15, 0.2) is 12.4 Å². The number of carbonyl (C=O) groups excluding carboxylic acids is 1. The van der Waals surface area contributed by atoms with E-state index in [1.807, 2.05) is 66.3 Å². The number of amides is 1. The Bertz CT molecular complexity index is 1200. The number of hydrogen-bond acceptors (Lipinski definition) is 3. The number of aliphatic hydroxyl groups is 1. The molecule has 0 bridgehead atoms. The monoisotopic (exact) mass is 444 g/mol. The lowest BCUT2D eigenvalue weighted by Gasteiger charge is -2.34. The van der Waals surface area contributed by atoms with Gasteiger partial charge in [-0.05, 0) is 42.7 Å². The zero-order chi connectivity index (χ0) is 22.7. The number of aliphatic hydroxyl groups excluding tert-OH is 1. The van der Waals surface area contributed by atoms with Crippen molar-refractivity contribution in [1.29, 1.82) is 5.26 Å². The number of rotatable bonds is 5. The van der Waals surface area contributed by atoms with Crippen molar-refractivity contribution in [3.63, 3.8) is 0 Å². The highest BCUT2D eigenvalue weighted by Gasteiger charge is 2.49. The van der Waals surface area contributed by atoms with Gasteiger partial charge in [0.2, 0.25) is 11.9 Å². The third-order valence-electron chi connectivity index (χ3n) is 5.75. The van der Waals surface area contributed by atoms with Crippen LogP contribution in [0.1, 0.15) is 28.7 Å². The van der Waals surface area contributed by atoms with Gasteiger partial charge in [-0.2, -0.15) is 9.83 Å². The maximum atomic E-state index is 13.8. The Morgan fingerprint density at radius 3 is 2.47 bits per heavy atom. The van der Waals surface area contributed by atoms with Crippen molar-refractivity contribution in [1.82, 2.24) is 4.90 Å². The lowest BCUT2D eigenvalue weighted by Crippen LogP contribution is -2.55. The number of aryl methyl sites for hydroxylation is 1. The minimum atomic E-state index is -0.711. The van der Waals surface area contributed by atoms with Crippen LogP contribution in [0.25, 0.3) is 0 Å². The average molecular weight is 445 g/mol. The van der Waals surface area contributed by atoms with Gasteiger partial charge < -0.3 is 5.11 Å². The summed E-state index contributed by atoms with van der Waals surface area (Å²) < 4.78 is 1.83. The molecule has 1 aromatic heterocycles. The van der Waals surface area contributed by atoms with E-state index in [0.717, 1.165) is 16.7 Å².